The highest BCUT2D eigenvalue weighted by atomic mass is 19.1. The number of hydrogen-bond donors (Lipinski definition) is 1. The molecule has 1 heterocycles. The Morgan fingerprint density at radius 1 is 1.29 bits per heavy atom. The predicted octanol–water partition coefficient (Wildman–Crippen LogP) is 3.03. The Labute approximate surface area is 125 Å². The molecule has 0 radical (unpaired) electrons. The zero-order valence-electron chi connectivity index (χ0n) is 12.6. The van der Waals surface area contributed by atoms with Gasteiger partial charge < -0.3 is 5.73 Å². The molecule has 1 aliphatic carbocycles. The first-order valence-corrected chi connectivity index (χ1v) is 7.89. The summed E-state index contributed by atoms with van der Waals surface area (Å²) in [6.45, 7) is 5.22. The van der Waals surface area contributed by atoms with E-state index in [1.165, 1.54) is 18.9 Å². The molecule has 114 valence electrons. The van der Waals surface area contributed by atoms with Gasteiger partial charge in [0.1, 0.15) is 5.82 Å². The Morgan fingerprint density at radius 3 is 2.52 bits per heavy atom. The highest BCUT2D eigenvalue weighted by Crippen LogP contribution is 2.42. The zero-order valence-corrected chi connectivity index (χ0v) is 12.6. The number of rotatable bonds is 4. The van der Waals surface area contributed by atoms with Crippen LogP contribution in [0.2, 0.25) is 0 Å². The van der Waals surface area contributed by atoms with Gasteiger partial charge >= 0.3 is 0 Å². The van der Waals surface area contributed by atoms with E-state index in [0.29, 0.717) is 5.92 Å². The van der Waals surface area contributed by atoms with Gasteiger partial charge in [-0.05, 0) is 73.9 Å². The fourth-order valence-corrected chi connectivity index (χ4v) is 3.19. The van der Waals surface area contributed by atoms with Gasteiger partial charge in [0.15, 0.2) is 0 Å². The molecule has 2 fully saturated rings. The fraction of sp³-hybridized carbons (Fsp3) is 0.588. The molecule has 1 aromatic rings. The van der Waals surface area contributed by atoms with Crippen LogP contribution < -0.4 is 5.73 Å². The smallest absolute Gasteiger partial charge is 0.251 e. The van der Waals surface area contributed by atoms with Crippen molar-refractivity contribution in [2.45, 2.75) is 45.1 Å². The molecule has 2 N–H and O–H groups in total. The Kier molecular flexibility index (Phi) is 3.98. The van der Waals surface area contributed by atoms with E-state index in [1.807, 2.05) is 0 Å². The van der Waals surface area contributed by atoms with Gasteiger partial charge in [0.05, 0.1) is 5.56 Å². The summed E-state index contributed by atoms with van der Waals surface area (Å²) >= 11 is 0. The van der Waals surface area contributed by atoms with Crippen LogP contribution in [-0.2, 0) is 6.54 Å². The molecular formula is C17H23FN2O. The molecule has 2 aliphatic rings. The van der Waals surface area contributed by atoms with Crippen molar-refractivity contribution >= 4 is 5.91 Å². The monoisotopic (exact) mass is 290 g/mol. The van der Waals surface area contributed by atoms with Crippen molar-refractivity contribution in [3.05, 3.63) is 34.6 Å². The number of piperidine rings is 1. The minimum absolute atomic E-state index is 0.0351. The number of hydrogen-bond acceptors (Lipinski definition) is 2. The van der Waals surface area contributed by atoms with Crippen molar-refractivity contribution in [3.63, 3.8) is 0 Å². The van der Waals surface area contributed by atoms with Crippen LogP contribution in [-0.4, -0.2) is 23.9 Å². The average Bonchev–Trinajstić information content (AvgIpc) is 3.25. The lowest BCUT2D eigenvalue weighted by Gasteiger charge is -2.31. The first-order valence-electron chi connectivity index (χ1n) is 7.89. The number of benzene rings is 1. The molecule has 1 amide bonds. The van der Waals surface area contributed by atoms with E-state index in [9.17, 15) is 9.18 Å². The standard InChI is InChI=1S/C17H23FN2O/c1-11-4-6-20(7-5-11)10-13-8-16(18)15(17(19)21)9-14(13)12-2-3-12/h8-9,11-12H,2-7,10H2,1H3,(H2,19,21). The van der Waals surface area contributed by atoms with Crippen molar-refractivity contribution in [2.24, 2.45) is 11.7 Å². The molecule has 1 aromatic carbocycles. The summed E-state index contributed by atoms with van der Waals surface area (Å²) in [7, 11) is 0. The zero-order chi connectivity index (χ0) is 15.0. The first kappa shape index (κ1) is 14.5. The number of nitrogens with zero attached hydrogens (tertiary/aromatic N) is 1. The van der Waals surface area contributed by atoms with E-state index >= 15 is 0 Å². The maximum Gasteiger partial charge on any atom is 0.251 e. The van der Waals surface area contributed by atoms with Crippen LogP contribution in [0.4, 0.5) is 4.39 Å². The second kappa shape index (κ2) is 5.76. The molecule has 3 rings (SSSR count). The molecule has 1 saturated carbocycles. The molecule has 0 spiro atoms. The summed E-state index contributed by atoms with van der Waals surface area (Å²) in [4.78, 5) is 13.7. The van der Waals surface area contributed by atoms with Crippen LogP contribution in [0.25, 0.3) is 0 Å². The minimum atomic E-state index is -0.673. The van der Waals surface area contributed by atoms with Crippen molar-refractivity contribution < 1.29 is 9.18 Å². The van der Waals surface area contributed by atoms with Crippen LogP contribution in [0.1, 0.15) is 60.0 Å². The van der Waals surface area contributed by atoms with Crippen LogP contribution in [0, 0.1) is 11.7 Å². The average molecular weight is 290 g/mol. The lowest BCUT2D eigenvalue weighted by molar-refractivity contribution is 0.0996. The molecular weight excluding hydrogens is 267 g/mol. The number of carbonyl (C=O) groups excluding carboxylic acids is 1. The molecule has 3 nitrogen and oxygen atoms in total. The van der Waals surface area contributed by atoms with Crippen LogP contribution in [0.3, 0.4) is 0 Å². The number of halogens is 1. The summed E-state index contributed by atoms with van der Waals surface area (Å²) in [6, 6.07) is 3.23. The van der Waals surface area contributed by atoms with Gasteiger partial charge in [-0.1, -0.05) is 6.92 Å². The summed E-state index contributed by atoms with van der Waals surface area (Å²) in [6.07, 6.45) is 4.68. The third-order valence-electron chi connectivity index (χ3n) is 4.78. The lowest BCUT2D eigenvalue weighted by Crippen LogP contribution is -2.32. The van der Waals surface area contributed by atoms with E-state index in [2.05, 4.69) is 11.8 Å². The molecule has 0 unspecified atom stereocenters. The fourth-order valence-electron chi connectivity index (χ4n) is 3.19. The number of carbonyl (C=O) groups is 1. The number of amides is 1. The Hall–Kier alpha value is -1.42. The van der Waals surface area contributed by atoms with E-state index in [4.69, 9.17) is 5.73 Å². The number of likely N-dealkylation sites (tertiary alicyclic amines) is 1. The first-order chi connectivity index (χ1) is 10.0. The van der Waals surface area contributed by atoms with Gasteiger partial charge in [-0.2, -0.15) is 0 Å². The largest absolute Gasteiger partial charge is 0.366 e. The van der Waals surface area contributed by atoms with Crippen molar-refractivity contribution in [3.8, 4) is 0 Å². The predicted molar refractivity (Wildman–Crippen MR) is 80.6 cm³/mol. The molecule has 0 atom stereocenters. The van der Waals surface area contributed by atoms with Crippen molar-refractivity contribution in [1.29, 1.82) is 0 Å². The van der Waals surface area contributed by atoms with E-state index in [1.54, 1.807) is 6.07 Å². The summed E-state index contributed by atoms with van der Waals surface area (Å²) < 4.78 is 14.1. The summed E-state index contributed by atoms with van der Waals surface area (Å²) in [5.74, 6) is 0.126. The highest BCUT2D eigenvalue weighted by Gasteiger charge is 2.29. The van der Waals surface area contributed by atoms with E-state index in [0.717, 1.165) is 49.5 Å². The topological polar surface area (TPSA) is 46.3 Å². The van der Waals surface area contributed by atoms with E-state index in [-0.39, 0.29) is 5.56 Å². The maximum absolute atomic E-state index is 14.1. The van der Waals surface area contributed by atoms with Gasteiger partial charge in [0.2, 0.25) is 0 Å². The Balaban J connectivity index is 1.83. The molecule has 1 saturated heterocycles. The van der Waals surface area contributed by atoms with Gasteiger partial charge in [0.25, 0.3) is 5.91 Å². The Bertz CT molecular complexity index is 546. The van der Waals surface area contributed by atoms with Gasteiger partial charge in [-0.15, -0.1) is 0 Å². The van der Waals surface area contributed by atoms with Crippen LogP contribution >= 0.6 is 0 Å². The third kappa shape index (κ3) is 3.26. The second-order valence-corrected chi connectivity index (χ2v) is 6.63. The number of primary amides is 1. The van der Waals surface area contributed by atoms with Crippen LogP contribution in [0.5, 0.6) is 0 Å². The van der Waals surface area contributed by atoms with Crippen molar-refractivity contribution in [2.75, 3.05) is 13.1 Å². The van der Waals surface area contributed by atoms with E-state index < -0.39 is 11.7 Å². The SMILES string of the molecule is CC1CCN(Cc2cc(F)c(C(N)=O)cc2C2CC2)CC1. The normalized spacial score (nSPS) is 20.7. The Morgan fingerprint density at radius 2 is 1.95 bits per heavy atom. The van der Waals surface area contributed by atoms with Gasteiger partial charge in [0, 0.05) is 6.54 Å². The third-order valence-corrected chi connectivity index (χ3v) is 4.78. The van der Waals surface area contributed by atoms with Crippen molar-refractivity contribution in [1.82, 2.24) is 4.90 Å². The summed E-state index contributed by atoms with van der Waals surface area (Å²) in [5.41, 5.74) is 7.46. The molecule has 0 aromatic heterocycles. The molecule has 0 bridgehead atoms. The molecule has 21 heavy (non-hydrogen) atoms. The minimum Gasteiger partial charge on any atom is -0.366 e. The molecule has 1 aliphatic heterocycles. The highest BCUT2D eigenvalue weighted by molar-refractivity contribution is 5.93. The second-order valence-electron chi connectivity index (χ2n) is 6.63. The number of nitrogens with two attached hydrogens (primary N) is 1. The van der Waals surface area contributed by atoms with Gasteiger partial charge in [-0.3, -0.25) is 9.69 Å². The quantitative estimate of drug-likeness (QED) is 0.926. The van der Waals surface area contributed by atoms with Gasteiger partial charge in [-0.25, -0.2) is 4.39 Å². The molecule has 4 heteroatoms. The van der Waals surface area contributed by atoms with Crippen LogP contribution in [0.15, 0.2) is 12.1 Å². The lowest BCUT2D eigenvalue weighted by atomic mass is 9.96. The maximum atomic E-state index is 14.1. The summed E-state index contributed by atoms with van der Waals surface area (Å²) in [5, 5.41) is 0.